The summed E-state index contributed by atoms with van der Waals surface area (Å²) in [5.74, 6) is 0.757. The van der Waals surface area contributed by atoms with E-state index in [-0.39, 0.29) is 17.5 Å². The second-order valence-electron chi connectivity index (χ2n) is 8.42. The summed E-state index contributed by atoms with van der Waals surface area (Å²) in [6, 6.07) is 8.17. The molecule has 1 atom stereocenters. The molecule has 0 bridgehead atoms. The minimum Gasteiger partial charge on any atom is -0.350 e. The molecule has 0 spiro atoms. The first kappa shape index (κ1) is 19.3. The molecule has 27 heavy (non-hydrogen) atoms. The fourth-order valence-electron chi connectivity index (χ4n) is 3.35. The van der Waals surface area contributed by atoms with Crippen LogP contribution in [0.15, 0.2) is 36.7 Å². The Morgan fingerprint density at radius 1 is 1.19 bits per heavy atom. The van der Waals surface area contributed by atoms with E-state index in [1.807, 2.05) is 58.2 Å². The number of carbonyl (C=O) groups is 1. The molecule has 1 aromatic carbocycles. The van der Waals surface area contributed by atoms with Gasteiger partial charge in [-0.3, -0.25) is 9.69 Å². The summed E-state index contributed by atoms with van der Waals surface area (Å²) in [6.45, 7) is 7.43. The number of anilines is 1. The van der Waals surface area contributed by atoms with Crippen LogP contribution in [-0.2, 0) is 24.3 Å². The molecule has 144 valence electrons. The first-order valence-electron chi connectivity index (χ1n) is 9.34. The van der Waals surface area contributed by atoms with Gasteiger partial charge in [0.15, 0.2) is 0 Å². The molecule has 6 nitrogen and oxygen atoms in total. The van der Waals surface area contributed by atoms with Crippen molar-refractivity contribution >= 4 is 11.9 Å². The molecule has 2 heterocycles. The van der Waals surface area contributed by atoms with Crippen LogP contribution in [0.3, 0.4) is 0 Å². The summed E-state index contributed by atoms with van der Waals surface area (Å²) in [7, 11) is 3.84. The molecule has 1 aromatic heterocycles. The van der Waals surface area contributed by atoms with Crippen molar-refractivity contribution in [3.8, 4) is 0 Å². The third-order valence-electron chi connectivity index (χ3n) is 4.62. The number of nitrogens with one attached hydrogen (secondary N) is 1. The number of hydrogen-bond donors (Lipinski definition) is 1. The van der Waals surface area contributed by atoms with Crippen molar-refractivity contribution in [3.05, 3.63) is 53.3 Å². The molecule has 1 N–H and O–H groups in total. The maximum absolute atomic E-state index is 13.0. The standard InChI is InChI=1S/C21H29N5O/c1-21(2,3)24-19(27)18-10-16-8-6-7-9-17(16)14-26(18)13-15-11-22-20(23-12-15)25(4)5/h6-9,11-12,18H,10,13-14H2,1-5H3,(H,24,27)/t18-/m0/s1. The molecule has 1 aliphatic heterocycles. The van der Waals surface area contributed by atoms with E-state index in [0.717, 1.165) is 12.1 Å². The number of benzene rings is 1. The van der Waals surface area contributed by atoms with Crippen LogP contribution >= 0.6 is 0 Å². The van der Waals surface area contributed by atoms with Gasteiger partial charge in [0, 0.05) is 50.7 Å². The highest BCUT2D eigenvalue weighted by Gasteiger charge is 2.33. The van der Waals surface area contributed by atoms with Crippen LogP contribution in [0, 0.1) is 0 Å². The third-order valence-corrected chi connectivity index (χ3v) is 4.62. The van der Waals surface area contributed by atoms with E-state index >= 15 is 0 Å². The quantitative estimate of drug-likeness (QED) is 0.899. The third kappa shape index (κ3) is 4.83. The number of amides is 1. The van der Waals surface area contributed by atoms with E-state index in [2.05, 4.69) is 38.4 Å². The number of aromatic nitrogens is 2. The van der Waals surface area contributed by atoms with E-state index in [0.29, 0.717) is 18.9 Å². The van der Waals surface area contributed by atoms with Crippen LogP contribution in [0.1, 0.15) is 37.5 Å². The minimum absolute atomic E-state index is 0.0721. The molecule has 1 aliphatic rings. The zero-order valence-corrected chi connectivity index (χ0v) is 16.9. The van der Waals surface area contributed by atoms with Gasteiger partial charge in [0.1, 0.15) is 0 Å². The highest BCUT2D eigenvalue weighted by Crippen LogP contribution is 2.25. The summed E-state index contributed by atoms with van der Waals surface area (Å²) in [4.78, 5) is 25.9. The number of fused-ring (bicyclic) bond motifs is 1. The zero-order chi connectivity index (χ0) is 19.6. The molecular formula is C21H29N5O. The molecule has 3 rings (SSSR count). The molecule has 1 amide bonds. The number of carbonyl (C=O) groups excluding carboxylic acids is 1. The predicted molar refractivity (Wildman–Crippen MR) is 107 cm³/mol. The van der Waals surface area contributed by atoms with Crippen molar-refractivity contribution in [1.29, 1.82) is 0 Å². The molecule has 0 aliphatic carbocycles. The Labute approximate surface area is 161 Å². The van der Waals surface area contributed by atoms with E-state index < -0.39 is 0 Å². The van der Waals surface area contributed by atoms with Gasteiger partial charge in [-0.25, -0.2) is 9.97 Å². The molecular weight excluding hydrogens is 338 g/mol. The molecule has 0 radical (unpaired) electrons. The topological polar surface area (TPSA) is 61.4 Å². The van der Waals surface area contributed by atoms with Gasteiger partial charge >= 0.3 is 0 Å². The lowest BCUT2D eigenvalue weighted by molar-refractivity contribution is -0.128. The minimum atomic E-state index is -0.254. The van der Waals surface area contributed by atoms with Gasteiger partial charge in [-0.1, -0.05) is 24.3 Å². The summed E-state index contributed by atoms with van der Waals surface area (Å²) in [6.07, 6.45) is 4.41. The van der Waals surface area contributed by atoms with Gasteiger partial charge in [0.2, 0.25) is 11.9 Å². The van der Waals surface area contributed by atoms with E-state index in [4.69, 9.17) is 0 Å². The average molecular weight is 367 g/mol. The summed E-state index contributed by atoms with van der Waals surface area (Å²) in [5, 5.41) is 3.14. The van der Waals surface area contributed by atoms with Crippen molar-refractivity contribution in [3.63, 3.8) is 0 Å². The Balaban J connectivity index is 1.83. The van der Waals surface area contributed by atoms with Crippen LogP contribution in [0.25, 0.3) is 0 Å². The smallest absolute Gasteiger partial charge is 0.238 e. The Morgan fingerprint density at radius 2 is 1.81 bits per heavy atom. The van der Waals surface area contributed by atoms with Crippen molar-refractivity contribution in [2.45, 2.75) is 51.9 Å². The monoisotopic (exact) mass is 367 g/mol. The predicted octanol–water partition coefficient (Wildman–Crippen LogP) is 2.38. The fraction of sp³-hybridized carbons (Fsp3) is 0.476. The van der Waals surface area contributed by atoms with Gasteiger partial charge in [0.05, 0.1) is 6.04 Å². The molecule has 0 saturated carbocycles. The normalized spacial score (nSPS) is 17.3. The largest absolute Gasteiger partial charge is 0.350 e. The Hall–Kier alpha value is -2.47. The van der Waals surface area contributed by atoms with Gasteiger partial charge in [-0.05, 0) is 38.3 Å². The van der Waals surface area contributed by atoms with Crippen molar-refractivity contribution < 1.29 is 4.79 Å². The number of hydrogen-bond acceptors (Lipinski definition) is 5. The van der Waals surface area contributed by atoms with Crippen LogP contribution in [-0.4, -0.2) is 46.5 Å². The van der Waals surface area contributed by atoms with Gasteiger partial charge in [-0.2, -0.15) is 0 Å². The first-order valence-corrected chi connectivity index (χ1v) is 9.34. The maximum Gasteiger partial charge on any atom is 0.238 e. The van der Waals surface area contributed by atoms with E-state index in [1.165, 1.54) is 11.1 Å². The van der Waals surface area contributed by atoms with E-state index in [9.17, 15) is 4.79 Å². The Kier molecular flexibility index (Phi) is 5.46. The summed E-state index contributed by atoms with van der Waals surface area (Å²) in [5.41, 5.74) is 3.29. The molecule has 6 heteroatoms. The summed E-state index contributed by atoms with van der Waals surface area (Å²) < 4.78 is 0. The Morgan fingerprint density at radius 3 is 2.41 bits per heavy atom. The molecule has 0 saturated heterocycles. The average Bonchev–Trinajstić information content (AvgIpc) is 2.60. The molecule has 0 unspecified atom stereocenters. The van der Waals surface area contributed by atoms with Crippen LogP contribution in [0.5, 0.6) is 0 Å². The SMILES string of the molecule is CN(C)c1ncc(CN2Cc3ccccc3C[C@H]2C(=O)NC(C)(C)C)cn1. The van der Waals surface area contributed by atoms with Gasteiger partial charge in [-0.15, -0.1) is 0 Å². The first-order chi connectivity index (χ1) is 12.7. The maximum atomic E-state index is 13.0. The zero-order valence-electron chi connectivity index (χ0n) is 16.9. The second-order valence-corrected chi connectivity index (χ2v) is 8.42. The van der Waals surface area contributed by atoms with Crippen LogP contribution in [0.2, 0.25) is 0 Å². The van der Waals surface area contributed by atoms with Crippen molar-refractivity contribution in [1.82, 2.24) is 20.2 Å². The lowest BCUT2D eigenvalue weighted by Crippen LogP contribution is -2.54. The lowest BCUT2D eigenvalue weighted by atomic mass is 9.92. The van der Waals surface area contributed by atoms with E-state index in [1.54, 1.807) is 0 Å². The number of nitrogens with zero attached hydrogens (tertiary/aromatic N) is 4. The highest BCUT2D eigenvalue weighted by molar-refractivity contribution is 5.83. The Bertz CT molecular complexity index is 795. The van der Waals surface area contributed by atoms with Crippen LogP contribution < -0.4 is 10.2 Å². The molecule has 0 fully saturated rings. The number of rotatable bonds is 4. The van der Waals surface area contributed by atoms with Gasteiger partial charge < -0.3 is 10.2 Å². The van der Waals surface area contributed by atoms with Crippen molar-refractivity contribution in [2.24, 2.45) is 0 Å². The second kappa shape index (κ2) is 7.64. The fourth-order valence-corrected chi connectivity index (χ4v) is 3.35. The highest BCUT2D eigenvalue weighted by atomic mass is 16.2. The van der Waals surface area contributed by atoms with Crippen LogP contribution in [0.4, 0.5) is 5.95 Å². The molecule has 2 aromatic rings. The lowest BCUT2D eigenvalue weighted by Gasteiger charge is -2.37. The van der Waals surface area contributed by atoms with Crippen molar-refractivity contribution in [2.75, 3.05) is 19.0 Å². The summed E-state index contributed by atoms with van der Waals surface area (Å²) >= 11 is 0. The van der Waals surface area contributed by atoms with Gasteiger partial charge in [0.25, 0.3) is 0 Å².